The van der Waals surface area contributed by atoms with Crippen molar-refractivity contribution in [3.8, 4) is 0 Å². The van der Waals surface area contributed by atoms with Crippen molar-refractivity contribution in [1.29, 1.82) is 0 Å². The Morgan fingerprint density at radius 3 is 2.77 bits per heavy atom. The number of carbonyl (C=O) groups is 2. The van der Waals surface area contributed by atoms with Crippen LogP contribution < -0.4 is 0 Å². The molecule has 4 heteroatoms. The average Bonchev–Trinajstić information content (AvgIpc) is 2.18. The molecule has 0 saturated heterocycles. The first-order valence-corrected chi connectivity index (χ1v) is 3.92. The maximum atomic E-state index is 11.1. The van der Waals surface area contributed by atoms with Gasteiger partial charge in [0.25, 0.3) is 5.78 Å². The molecule has 0 saturated carbocycles. The summed E-state index contributed by atoms with van der Waals surface area (Å²) in [5.74, 6) is -1.31. The summed E-state index contributed by atoms with van der Waals surface area (Å²) in [6, 6.07) is 0. The summed E-state index contributed by atoms with van der Waals surface area (Å²) >= 11 is 0. The van der Waals surface area contributed by atoms with Crippen molar-refractivity contribution in [2.75, 3.05) is 20.2 Å². The zero-order valence-electron chi connectivity index (χ0n) is 7.40. The molecule has 1 rings (SSSR count). The van der Waals surface area contributed by atoms with E-state index in [1.54, 1.807) is 11.1 Å². The Labute approximate surface area is 76.5 Å². The van der Waals surface area contributed by atoms with Crippen molar-refractivity contribution < 1.29 is 14.3 Å². The Balaban J connectivity index is 2.40. The van der Waals surface area contributed by atoms with Crippen LogP contribution in [0.4, 0.5) is 0 Å². The van der Waals surface area contributed by atoms with Crippen LogP contribution in [0.25, 0.3) is 0 Å². The summed E-state index contributed by atoms with van der Waals surface area (Å²) < 4.78 is 4.30. The Morgan fingerprint density at radius 2 is 2.23 bits per heavy atom. The first-order valence-electron chi connectivity index (χ1n) is 3.92. The van der Waals surface area contributed by atoms with Gasteiger partial charge in [-0.25, -0.2) is 4.79 Å². The Hall–Kier alpha value is -1.58. The highest BCUT2D eigenvalue weighted by molar-refractivity contribution is 6.34. The van der Waals surface area contributed by atoms with E-state index in [2.05, 4.69) is 4.74 Å². The van der Waals surface area contributed by atoms with Crippen LogP contribution in [-0.4, -0.2) is 36.9 Å². The molecule has 0 aromatic heterocycles. The molecule has 1 heterocycles. The zero-order valence-corrected chi connectivity index (χ0v) is 7.40. The van der Waals surface area contributed by atoms with Crippen LogP contribution in [0.15, 0.2) is 24.4 Å². The molecule has 0 unspecified atom stereocenters. The van der Waals surface area contributed by atoms with E-state index >= 15 is 0 Å². The fraction of sp³-hybridized carbons (Fsp3) is 0.333. The Kier molecular flexibility index (Phi) is 3.25. The molecule has 0 aliphatic carbocycles. The first-order chi connectivity index (χ1) is 6.24. The highest BCUT2D eigenvalue weighted by atomic mass is 16.5. The van der Waals surface area contributed by atoms with Crippen LogP contribution in [0.1, 0.15) is 0 Å². The minimum Gasteiger partial charge on any atom is -0.463 e. The molecule has 0 N–H and O–H groups in total. The van der Waals surface area contributed by atoms with Gasteiger partial charge >= 0.3 is 5.97 Å². The summed E-state index contributed by atoms with van der Waals surface area (Å²) in [5, 5.41) is 0. The van der Waals surface area contributed by atoms with Crippen LogP contribution in [0.2, 0.25) is 0 Å². The number of esters is 1. The van der Waals surface area contributed by atoms with E-state index in [1.807, 2.05) is 18.2 Å². The predicted octanol–water partition coefficient (Wildman–Crippen LogP) is 0.114. The number of rotatable bonds is 3. The third-order valence-electron chi connectivity index (χ3n) is 1.64. The molecular formula is C9H11NO3. The number of carbonyl (C=O) groups excluding carboxylic acids is 2. The molecule has 0 atom stereocenters. The Morgan fingerprint density at radius 1 is 1.46 bits per heavy atom. The second-order valence-corrected chi connectivity index (χ2v) is 2.61. The average molecular weight is 181 g/mol. The number of ether oxygens (including phenoxy) is 1. The summed E-state index contributed by atoms with van der Waals surface area (Å²) in [4.78, 5) is 23.5. The number of hydrogen-bond donors (Lipinski definition) is 0. The van der Waals surface area contributed by atoms with E-state index in [4.69, 9.17) is 0 Å². The van der Waals surface area contributed by atoms with E-state index in [0.717, 1.165) is 0 Å². The van der Waals surface area contributed by atoms with Crippen molar-refractivity contribution in [3.63, 3.8) is 0 Å². The fourth-order valence-electron chi connectivity index (χ4n) is 0.987. The van der Waals surface area contributed by atoms with Gasteiger partial charge in [0.15, 0.2) is 0 Å². The molecule has 70 valence electrons. The number of allylic oxidation sites excluding steroid dienone is 2. The smallest absolute Gasteiger partial charge is 0.376 e. The molecular weight excluding hydrogens is 170 g/mol. The summed E-state index contributed by atoms with van der Waals surface area (Å²) in [5.41, 5.74) is 0. The minimum atomic E-state index is -0.789. The van der Waals surface area contributed by atoms with Crippen LogP contribution in [0, 0.1) is 0 Å². The molecule has 0 aromatic rings. The first kappa shape index (κ1) is 9.51. The largest absolute Gasteiger partial charge is 0.463 e. The summed E-state index contributed by atoms with van der Waals surface area (Å²) in [6.45, 7) is 0.729. The normalized spacial score (nSPS) is 14.4. The quantitative estimate of drug-likeness (QED) is 0.458. The number of nitrogens with zero attached hydrogens (tertiary/aromatic N) is 1. The minimum absolute atomic E-state index is 0.0769. The molecule has 13 heavy (non-hydrogen) atoms. The van der Waals surface area contributed by atoms with Crippen molar-refractivity contribution in [1.82, 2.24) is 4.90 Å². The standard InChI is InChI=1S/C9H11NO3/c1-13-9(12)8(11)7-10-5-3-2-4-6-10/h2-5H,6-7H2,1H3. The number of methoxy groups -OCH3 is 1. The highest BCUT2D eigenvalue weighted by Crippen LogP contribution is 1.98. The lowest BCUT2D eigenvalue weighted by molar-refractivity contribution is -0.151. The molecule has 0 radical (unpaired) electrons. The number of ketones is 1. The topological polar surface area (TPSA) is 46.6 Å². The van der Waals surface area contributed by atoms with Crippen molar-refractivity contribution >= 4 is 11.8 Å². The van der Waals surface area contributed by atoms with E-state index in [9.17, 15) is 9.59 Å². The fourth-order valence-corrected chi connectivity index (χ4v) is 0.987. The van der Waals surface area contributed by atoms with Gasteiger partial charge in [-0.1, -0.05) is 12.2 Å². The monoisotopic (exact) mass is 181 g/mol. The SMILES string of the molecule is COC(=O)C(=O)CN1C=CC=CC1. The predicted molar refractivity (Wildman–Crippen MR) is 46.9 cm³/mol. The third kappa shape index (κ3) is 2.74. The maximum Gasteiger partial charge on any atom is 0.376 e. The zero-order chi connectivity index (χ0) is 9.68. The van der Waals surface area contributed by atoms with E-state index in [0.29, 0.717) is 6.54 Å². The lowest BCUT2D eigenvalue weighted by atomic mass is 10.3. The van der Waals surface area contributed by atoms with Gasteiger partial charge in [-0.2, -0.15) is 0 Å². The molecule has 1 aliphatic heterocycles. The lowest BCUT2D eigenvalue weighted by Gasteiger charge is -2.18. The summed E-state index contributed by atoms with van der Waals surface area (Å²) in [7, 11) is 1.20. The van der Waals surface area contributed by atoms with E-state index in [1.165, 1.54) is 7.11 Å². The van der Waals surface area contributed by atoms with Gasteiger partial charge in [-0.05, 0) is 12.3 Å². The molecule has 0 fully saturated rings. The van der Waals surface area contributed by atoms with E-state index in [-0.39, 0.29) is 6.54 Å². The molecule has 0 amide bonds. The van der Waals surface area contributed by atoms with Gasteiger partial charge < -0.3 is 9.64 Å². The Bertz CT molecular complexity index is 268. The molecule has 0 spiro atoms. The molecule has 4 nitrogen and oxygen atoms in total. The van der Waals surface area contributed by atoms with Gasteiger partial charge in [0.2, 0.25) is 0 Å². The molecule has 1 aliphatic rings. The summed E-state index contributed by atoms with van der Waals surface area (Å²) in [6.07, 6.45) is 7.37. The van der Waals surface area contributed by atoms with Gasteiger partial charge in [0.05, 0.1) is 13.7 Å². The van der Waals surface area contributed by atoms with Gasteiger partial charge in [-0.3, -0.25) is 4.79 Å². The van der Waals surface area contributed by atoms with Crippen LogP contribution in [0.3, 0.4) is 0 Å². The molecule has 0 aromatic carbocycles. The lowest BCUT2D eigenvalue weighted by Crippen LogP contribution is -2.31. The van der Waals surface area contributed by atoms with Gasteiger partial charge in [0.1, 0.15) is 0 Å². The second kappa shape index (κ2) is 4.45. The van der Waals surface area contributed by atoms with Gasteiger partial charge in [0, 0.05) is 6.54 Å². The van der Waals surface area contributed by atoms with Gasteiger partial charge in [-0.15, -0.1) is 0 Å². The highest BCUT2D eigenvalue weighted by Gasteiger charge is 2.16. The maximum absolute atomic E-state index is 11.1. The molecule has 0 bridgehead atoms. The number of hydrogen-bond acceptors (Lipinski definition) is 4. The van der Waals surface area contributed by atoms with E-state index < -0.39 is 11.8 Å². The number of Topliss-reactive ketones (excluding diaryl/α,β-unsaturated/α-hetero) is 1. The van der Waals surface area contributed by atoms with Crippen molar-refractivity contribution in [3.05, 3.63) is 24.4 Å². The van der Waals surface area contributed by atoms with Crippen LogP contribution >= 0.6 is 0 Å². The third-order valence-corrected chi connectivity index (χ3v) is 1.64. The van der Waals surface area contributed by atoms with Crippen LogP contribution in [-0.2, 0) is 14.3 Å². The van der Waals surface area contributed by atoms with Crippen LogP contribution in [0.5, 0.6) is 0 Å². The van der Waals surface area contributed by atoms with Crippen molar-refractivity contribution in [2.24, 2.45) is 0 Å². The van der Waals surface area contributed by atoms with Crippen molar-refractivity contribution in [2.45, 2.75) is 0 Å². The second-order valence-electron chi connectivity index (χ2n) is 2.61.